The summed E-state index contributed by atoms with van der Waals surface area (Å²) < 4.78 is 7.51. The van der Waals surface area contributed by atoms with E-state index < -0.39 is 5.97 Å². The van der Waals surface area contributed by atoms with Crippen molar-refractivity contribution in [3.63, 3.8) is 0 Å². The van der Waals surface area contributed by atoms with Gasteiger partial charge < -0.3 is 9.84 Å². The molecule has 2 heterocycles. The highest BCUT2D eigenvalue weighted by Gasteiger charge is 2.14. The highest BCUT2D eigenvalue weighted by Crippen LogP contribution is 2.23. The number of aromatic nitrogens is 2. The first kappa shape index (κ1) is 21.8. The van der Waals surface area contributed by atoms with Gasteiger partial charge in [-0.2, -0.15) is 0 Å². The van der Waals surface area contributed by atoms with Gasteiger partial charge in [0.2, 0.25) is 0 Å². The molecule has 0 bridgehead atoms. The normalized spacial score (nSPS) is 11.0. The lowest BCUT2D eigenvalue weighted by atomic mass is 10.1. The van der Waals surface area contributed by atoms with E-state index in [0.717, 1.165) is 27.5 Å². The molecule has 32 heavy (non-hydrogen) atoms. The van der Waals surface area contributed by atoms with E-state index >= 15 is 0 Å². The van der Waals surface area contributed by atoms with Gasteiger partial charge >= 0.3 is 5.97 Å². The highest BCUT2D eigenvalue weighted by molar-refractivity contribution is 7.18. The Kier molecular flexibility index (Phi) is 6.66. The van der Waals surface area contributed by atoms with Gasteiger partial charge in [0, 0.05) is 17.8 Å². The van der Waals surface area contributed by atoms with Crippen LogP contribution in [0.4, 0.5) is 0 Å². The second-order valence-corrected chi connectivity index (χ2v) is 8.58. The van der Waals surface area contributed by atoms with E-state index in [1.165, 1.54) is 12.1 Å². The SMILES string of the molecule is CCc1cc2c(=O)n(CCCOc3ccc(C(=O)O)cc3)c(Cc3ccccc3)nc2s1. The molecule has 0 fully saturated rings. The molecule has 0 aliphatic rings. The van der Waals surface area contributed by atoms with Crippen LogP contribution in [0, 0.1) is 0 Å². The summed E-state index contributed by atoms with van der Waals surface area (Å²) in [5.74, 6) is 0.388. The van der Waals surface area contributed by atoms with Crippen LogP contribution in [-0.2, 0) is 19.4 Å². The van der Waals surface area contributed by atoms with Crippen molar-refractivity contribution in [1.82, 2.24) is 9.55 Å². The lowest BCUT2D eigenvalue weighted by molar-refractivity contribution is 0.0697. The molecule has 7 heteroatoms. The summed E-state index contributed by atoms with van der Waals surface area (Å²) in [7, 11) is 0. The topological polar surface area (TPSA) is 81.4 Å². The van der Waals surface area contributed by atoms with E-state index in [1.54, 1.807) is 28.0 Å². The Bertz CT molecular complexity index is 1280. The van der Waals surface area contributed by atoms with Gasteiger partial charge in [0.15, 0.2) is 0 Å². The van der Waals surface area contributed by atoms with Crippen molar-refractivity contribution < 1.29 is 14.6 Å². The lowest BCUT2D eigenvalue weighted by Gasteiger charge is -2.13. The van der Waals surface area contributed by atoms with E-state index in [-0.39, 0.29) is 11.1 Å². The fourth-order valence-corrected chi connectivity index (χ4v) is 4.51. The van der Waals surface area contributed by atoms with Crippen LogP contribution >= 0.6 is 11.3 Å². The van der Waals surface area contributed by atoms with Crippen molar-refractivity contribution >= 4 is 27.5 Å². The maximum atomic E-state index is 13.3. The van der Waals surface area contributed by atoms with Gasteiger partial charge in [-0.15, -0.1) is 11.3 Å². The first-order valence-electron chi connectivity index (χ1n) is 10.6. The molecule has 6 nitrogen and oxygen atoms in total. The molecular formula is C25H24N2O4S. The molecule has 2 aromatic heterocycles. The number of aromatic carboxylic acids is 1. The third kappa shape index (κ3) is 4.89. The van der Waals surface area contributed by atoms with Gasteiger partial charge in [0.05, 0.1) is 17.6 Å². The van der Waals surface area contributed by atoms with Gasteiger partial charge in [-0.1, -0.05) is 37.3 Å². The minimum Gasteiger partial charge on any atom is -0.494 e. The predicted octanol–water partition coefficient (Wildman–Crippen LogP) is 4.78. The lowest BCUT2D eigenvalue weighted by Crippen LogP contribution is -2.26. The first-order valence-corrected chi connectivity index (χ1v) is 11.4. The molecule has 0 radical (unpaired) electrons. The maximum absolute atomic E-state index is 13.3. The summed E-state index contributed by atoms with van der Waals surface area (Å²) in [4.78, 5) is 31.0. The standard InChI is InChI=1S/C25H24N2O4S/c1-2-20-16-21-23(32-20)26-22(15-17-7-4-3-5-8-17)27(24(21)28)13-6-14-31-19-11-9-18(10-12-19)25(29)30/h3-5,7-12,16H,2,6,13-15H2,1H3,(H,29,30). The number of fused-ring (bicyclic) bond motifs is 1. The van der Waals surface area contributed by atoms with Crippen LogP contribution in [0.15, 0.2) is 65.5 Å². The monoisotopic (exact) mass is 448 g/mol. The molecule has 0 aliphatic carbocycles. The summed E-state index contributed by atoms with van der Waals surface area (Å²) in [5, 5.41) is 9.66. The molecule has 0 spiro atoms. The van der Waals surface area contributed by atoms with Crippen molar-refractivity contribution in [2.45, 2.75) is 32.7 Å². The van der Waals surface area contributed by atoms with Gasteiger partial charge in [0.25, 0.3) is 5.56 Å². The zero-order valence-electron chi connectivity index (χ0n) is 17.8. The third-order valence-electron chi connectivity index (χ3n) is 5.23. The summed E-state index contributed by atoms with van der Waals surface area (Å²) in [5.41, 5.74) is 1.31. The van der Waals surface area contributed by atoms with Crippen LogP contribution in [0.1, 0.15) is 40.0 Å². The van der Waals surface area contributed by atoms with Gasteiger partial charge in [-0.05, 0) is 48.7 Å². The number of aryl methyl sites for hydroxylation is 1. The van der Waals surface area contributed by atoms with Crippen LogP contribution in [-0.4, -0.2) is 27.2 Å². The number of benzene rings is 2. The number of carbonyl (C=O) groups is 1. The second kappa shape index (κ2) is 9.78. The fourth-order valence-electron chi connectivity index (χ4n) is 3.53. The number of carboxylic acids is 1. The van der Waals surface area contributed by atoms with E-state index in [2.05, 4.69) is 6.92 Å². The Hall–Kier alpha value is -3.45. The van der Waals surface area contributed by atoms with Crippen LogP contribution in [0.25, 0.3) is 10.2 Å². The molecule has 4 rings (SSSR count). The van der Waals surface area contributed by atoms with Crippen LogP contribution in [0.3, 0.4) is 0 Å². The minimum absolute atomic E-state index is 0.0114. The smallest absolute Gasteiger partial charge is 0.335 e. The number of carboxylic acid groups (broad SMARTS) is 1. The van der Waals surface area contributed by atoms with Crippen molar-refractivity contribution in [3.8, 4) is 5.75 Å². The first-order chi connectivity index (χ1) is 15.5. The molecule has 0 atom stereocenters. The predicted molar refractivity (Wildman–Crippen MR) is 126 cm³/mol. The Balaban J connectivity index is 1.53. The molecular weight excluding hydrogens is 424 g/mol. The van der Waals surface area contributed by atoms with Crippen LogP contribution < -0.4 is 10.3 Å². The van der Waals surface area contributed by atoms with E-state index in [4.69, 9.17) is 14.8 Å². The fraction of sp³-hybridized carbons (Fsp3) is 0.240. The Morgan fingerprint density at radius 2 is 1.88 bits per heavy atom. The molecule has 0 aliphatic heterocycles. The van der Waals surface area contributed by atoms with E-state index in [9.17, 15) is 9.59 Å². The minimum atomic E-state index is -0.968. The van der Waals surface area contributed by atoms with Crippen molar-refractivity contribution in [2.75, 3.05) is 6.61 Å². The molecule has 164 valence electrons. The van der Waals surface area contributed by atoms with E-state index in [1.807, 2.05) is 36.4 Å². The van der Waals surface area contributed by atoms with Crippen molar-refractivity contribution in [3.05, 3.63) is 92.8 Å². The average Bonchev–Trinajstić information content (AvgIpc) is 3.23. The van der Waals surface area contributed by atoms with Gasteiger partial charge in [-0.25, -0.2) is 9.78 Å². The van der Waals surface area contributed by atoms with Gasteiger partial charge in [0.1, 0.15) is 16.4 Å². The molecule has 0 saturated heterocycles. The second-order valence-electron chi connectivity index (χ2n) is 7.46. The number of hydrogen-bond acceptors (Lipinski definition) is 5. The number of nitrogens with zero attached hydrogens (tertiary/aromatic N) is 2. The zero-order valence-corrected chi connectivity index (χ0v) is 18.6. The highest BCUT2D eigenvalue weighted by atomic mass is 32.1. The third-order valence-corrected chi connectivity index (χ3v) is 6.40. The number of hydrogen-bond donors (Lipinski definition) is 1. The Morgan fingerprint density at radius 3 is 2.56 bits per heavy atom. The Labute approximate surface area is 189 Å². The van der Waals surface area contributed by atoms with Crippen LogP contribution in [0.2, 0.25) is 0 Å². The molecule has 0 unspecified atom stereocenters. The largest absolute Gasteiger partial charge is 0.494 e. The molecule has 1 N–H and O–H groups in total. The quantitative estimate of drug-likeness (QED) is 0.373. The summed E-state index contributed by atoms with van der Waals surface area (Å²) >= 11 is 1.58. The number of thiophene rings is 1. The number of ether oxygens (including phenoxy) is 1. The molecule has 0 amide bonds. The van der Waals surface area contributed by atoms with E-state index in [0.29, 0.717) is 37.1 Å². The molecule has 4 aromatic rings. The van der Waals surface area contributed by atoms with Crippen LogP contribution in [0.5, 0.6) is 5.75 Å². The Morgan fingerprint density at radius 1 is 1.12 bits per heavy atom. The molecule has 2 aromatic carbocycles. The average molecular weight is 449 g/mol. The molecule has 0 saturated carbocycles. The maximum Gasteiger partial charge on any atom is 0.335 e. The van der Waals surface area contributed by atoms with Gasteiger partial charge in [-0.3, -0.25) is 9.36 Å². The summed E-state index contributed by atoms with van der Waals surface area (Å²) in [6, 6.07) is 18.3. The zero-order chi connectivity index (χ0) is 22.5. The summed E-state index contributed by atoms with van der Waals surface area (Å²) in [6.07, 6.45) is 2.09. The number of rotatable bonds is 9. The summed E-state index contributed by atoms with van der Waals surface area (Å²) in [6.45, 7) is 2.98. The van der Waals surface area contributed by atoms with Crippen molar-refractivity contribution in [2.24, 2.45) is 0 Å². The van der Waals surface area contributed by atoms with Crippen molar-refractivity contribution in [1.29, 1.82) is 0 Å².